The van der Waals surface area contributed by atoms with Crippen LogP contribution in [0.2, 0.25) is 0 Å². The molecule has 0 radical (unpaired) electrons. The highest BCUT2D eigenvalue weighted by atomic mass is 32.1. The Labute approximate surface area is 157 Å². The minimum atomic E-state index is 0.814. The molecule has 0 saturated heterocycles. The second-order valence-electron chi connectivity index (χ2n) is 6.46. The number of thiazole rings is 1. The zero-order chi connectivity index (χ0) is 17.9. The van der Waals surface area contributed by atoms with Gasteiger partial charge < -0.3 is 10.1 Å². The number of anilines is 1. The molecule has 1 N–H and O–H groups in total. The Morgan fingerprint density at radius 2 is 1.96 bits per heavy atom. The molecule has 2 heterocycles. The van der Waals surface area contributed by atoms with Crippen molar-refractivity contribution >= 4 is 22.3 Å². The molecular formula is C21H21N3OS. The van der Waals surface area contributed by atoms with Crippen LogP contribution in [-0.2, 0) is 0 Å². The highest BCUT2D eigenvalue weighted by Gasteiger charge is 2.13. The van der Waals surface area contributed by atoms with Crippen molar-refractivity contribution in [2.24, 2.45) is 4.99 Å². The standard InChI is InChI=1S/C21H21N3OS/c1-14-9-10-18(15(2)12-14)25-19-7-4-3-6-16(19)17-13-26-21(23-17)24-20-8-5-11-22-20/h3-4,6-7,9-10,12-13H,5,8,11H2,1-2H3,(H,22,23,24). The Balaban J connectivity index is 1.60. The highest BCUT2D eigenvalue weighted by Crippen LogP contribution is 2.36. The van der Waals surface area contributed by atoms with Gasteiger partial charge in [-0.2, -0.15) is 0 Å². The van der Waals surface area contributed by atoms with E-state index in [0.717, 1.165) is 58.7 Å². The van der Waals surface area contributed by atoms with Gasteiger partial charge in [0.2, 0.25) is 0 Å². The predicted molar refractivity (Wildman–Crippen MR) is 109 cm³/mol. The van der Waals surface area contributed by atoms with Crippen LogP contribution in [0.1, 0.15) is 24.0 Å². The molecule has 0 spiro atoms. The molecule has 4 rings (SSSR count). The topological polar surface area (TPSA) is 46.5 Å². The maximum Gasteiger partial charge on any atom is 0.188 e. The highest BCUT2D eigenvalue weighted by molar-refractivity contribution is 7.14. The number of aromatic nitrogens is 1. The SMILES string of the molecule is Cc1ccc(Oc2ccccc2-c2csc(NC3=NCCC3)n2)c(C)c1. The molecule has 0 atom stereocenters. The van der Waals surface area contributed by atoms with Crippen molar-refractivity contribution in [3.05, 3.63) is 59.0 Å². The van der Waals surface area contributed by atoms with Crippen molar-refractivity contribution < 1.29 is 4.74 Å². The number of amidine groups is 1. The largest absolute Gasteiger partial charge is 0.456 e. The van der Waals surface area contributed by atoms with Gasteiger partial charge in [-0.1, -0.05) is 29.8 Å². The van der Waals surface area contributed by atoms with Gasteiger partial charge in [0.25, 0.3) is 0 Å². The van der Waals surface area contributed by atoms with Gasteiger partial charge in [0.05, 0.1) is 5.69 Å². The number of nitrogens with zero attached hydrogens (tertiary/aromatic N) is 2. The van der Waals surface area contributed by atoms with Crippen molar-refractivity contribution in [2.45, 2.75) is 26.7 Å². The molecule has 1 aliphatic rings. The number of benzene rings is 2. The van der Waals surface area contributed by atoms with Crippen molar-refractivity contribution in [3.63, 3.8) is 0 Å². The Morgan fingerprint density at radius 3 is 2.77 bits per heavy atom. The molecular weight excluding hydrogens is 342 g/mol. The second-order valence-corrected chi connectivity index (χ2v) is 7.32. The minimum Gasteiger partial charge on any atom is -0.456 e. The number of nitrogens with one attached hydrogen (secondary N) is 1. The number of rotatable bonds is 4. The molecule has 132 valence electrons. The molecule has 0 bridgehead atoms. The molecule has 0 fully saturated rings. The second kappa shape index (κ2) is 7.30. The number of ether oxygens (including phenoxy) is 1. The smallest absolute Gasteiger partial charge is 0.188 e. The molecule has 1 aliphatic heterocycles. The van der Waals surface area contributed by atoms with Crippen LogP contribution in [0.5, 0.6) is 11.5 Å². The van der Waals surface area contributed by atoms with Crippen LogP contribution in [0.25, 0.3) is 11.3 Å². The summed E-state index contributed by atoms with van der Waals surface area (Å²) in [6.45, 7) is 5.06. The monoisotopic (exact) mass is 363 g/mol. The van der Waals surface area contributed by atoms with Crippen LogP contribution in [-0.4, -0.2) is 17.4 Å². The molecule has 0 unspecified atom stereocenters. The first-order valence-electron chi connectivity index (χ1n) is 8.79. The maximum atomic E-state index is 6.21. The van der Waals surface area contributed by atoms with E-state index >= 15 is 0 Å². The molecule has 3 aromatic rings. The average Bonchev–Trinajstić information content (AvgIpc) is 3.30. The first-order chi connectivity index (χ1) is 12.7. The molecule has 4 nitrogen and oxygen atoms in total. The van der Waals surface area contributed by atoms with Gasteiger partial charge in [-0.05, 0) is 44.0 Å². The van der Waals surface area contributed by atoms with Gasteiger partial charge in [0.1, 0.15) is 17.3 Å². The first kappa shape index (κ1) is 16.8. The summed E-state index contributed by atoms with van der Waals surface area (Å²) in [5.41, 5.74) is 4.26. The van der Waals surface area contributed by atoms with Gasteiger partial charge in [-0.25, -0.2) is 4.98 Å². The fourth-order valence-electron chi connectivity index (χ4n) is 3.02. The van der Waals surface area contributed by atoms with Gasteiger partial charge in [-0.15, -0.1) is 11.3 Å². The van der Waals surface area contributed by atoms with E-state index in [1.807, 2.05) is 30.3 Å². The quantitative estimate of drug-likeness (QED) is 0.635. The van der Waals surface area contributed by atoms with E-state index in [0.29, 0.717) is 0 Å². The molecule has 0 saturated carbocycles. The van der Waals surface area contributed by atoms with Gasteiger partial charge in [-0.3, -0.25) is 4.99 Å². The molecule has 0 amide bonds. The van der Waals surface area contributed by atoms with Gasteiger partial charge >= 0.3 is 0 Å². The van der Waals surface area contributed by atoms with Crippen LogP contribution in [0.15, 0.2) is 52.8 Å². The number of aliphatic imine (C=N–C) groups is 1. The summed E-state index contributed by atoms with van der Waals surface area (Å²) in [6.07, 6.45) is 2.12. The number of para-hydroxylation sites is 1. The zero-order valence-corrected chi connectivity index (χ0v) is 15.8. The van der Waals surface area contributed by atoms with E-state index < -0.39 is 0 Å². The summed E-state index contributed by atoms with van der Waals surface area (Å²) in [4.78, 5) is 9.18. The van der Waals surface area contributed by atoms with E-state index in [2.05, 4.69) is 41.7 Å². The summed E-state index contributed by atoms with van der Waals surface area (Å²) in [5.74, 6) is 2.72. The fraction of sp³-hybridized carbons (Fsp3) is 0.238. The fourth-order valence-corrected chi connectivity index (χ4v) is 3.75. The normalized spacial score (nSPS) is 13.5. The molecule has 26 heavy (non-hydrogen) atoms. The van der Waals surface area contributed by atoms with Crippen LogP contribution in [0.3, 0.4) is 0 Å². The summed E-state index contributed by atoms with van der Waals surface area (Å²) in [5, 5.41) is 6.27. The van der Waals surface area contributed by atoms with E-state index in [1.54, 1.807) is 11.3 Å². The van der Waals surface area contributed by atoms with Crippen LogP contribution in [0, 0.1) is 13.8 Å². The number of hydrogen-bond donors (Lipinski definition) is 1. The molecule has 5 heteroatoms. The van der Waals surface area contributed by atoms with Gasteiger partial charge in [0, 0.05) is 23.9 Å². The summed E-state index contributed by atoms with van der Waals surface area (Å²) < 4.78 is 6.21. The number of hydrogen-bond acceptors (Lipinski definition) is 5. The third-order valence-corrected chi connectivity index (χ3v) is 5.10. The van der Waals surface area contributed by atoms with Crippen molar-refractivity contribution in [1.29, 1.82) is 0 Å². The lowest BCUT2D eigenvalue weighted by atomic mass is 10.1. The van der Waals surface area contributed by atoms with E-state index in [9.17, 15) is 0 Å². The Kier molecular flexibility index (Phi) is 4.71. The third kappa shape index (κ3) is 3.63. The van der Waals surface area contributed by atoms with Crippen molar-refractivity contribution in [3.8, 4) is 22.8 Å². The van der Waals surface area contributed by atoms with Crippen molar-refractivity contribution in [1.82, 2.24) is 4.98 Å². The number of aryl methyl sites for hydroxylation is 2. The van der Waals surface area contributed by atoms with E-state index in [1.165, 1.54) is 5.56 Å². The summed E-state index contributed by atoms with van der Waals surface area (Å²) >= 11 is 1.59. The van der Waals surface area contributed by atoms with Crippen LogP contribution < -0.4 is 10.1 Å². The van der Waals surface area contributed by atoms with Crippen molar-refractivity contribution in [2.75, 3.05) is 11.9 Å². The summed E-state index contributed by atoms with van der Waals surface area (Å²) in [7, 11) is 0. The lowest BCUT2D eigenvalue weighted by molar-refractivity contribution is 0.480. The average molecular weight is 363 g/mol. The Morgan fingerprint density at radius 1 is 1.08 bits per heavy atom. The lowest BCUT2D eigenvalue weighted by Crippen LogP contribution is -2.07. The first-order valence-corrected chi connectivity index (χ1v) is 9.67. The molecule has 0 aliphatic carbocycles. The van der Waals surface area contributed by atoms with E-state index in [-0.39, 0.29) is 0 Å². The third-order valence-electron chi connectivity index (χ3n) is 4.34. The predicted octanol–water partition coefficient (Wildman–Crippen LogP) is 5.82. The molecule has 1 aromatic heterocycles. The van der Waals surface area contributed by atoms with Gasteiger partial charge in [0.15, 0.2) is 5.13 Å². The maximum absolute atomic E-state index is 6.21. The minimum absolute atomic E-state index is 0.814. The zero-order valence-electron chi connectivity index (χ0n) is 15.0. The van der Waals surface area contributed by atoms with E-state index in [4.69, 9.17) is 9.72 Å². The molecule has 2 aromatic carbocycles. The summed E-state index contributed by atoms with van der Waals surface area (Å²) in [6, 6.07) is 14.3. The Bertz CT molecular complexity index is 961. The van der Waals surface area contributed by atoms with Crippen LogP contribution >= 0.6 is 11.3 Å². The lowest BCUT2D eigenvalue weighted by Gasteiger charge is -2.12. The Hall–Kier alpha value is -2.66. The van der Waals surface area contributed by atoms with Crippen LogP contribution in [0.4, 0.5) is 5.13 Å².